The normalized spacial score (nSPS) is 30.6. The molecule has 0 saturated heterocycles. The summed E-state index contributed by atoms with van der Waals surface area (Å²) in [7, 11) is 0. The number of aliphatic imine (C=N–C) groups is 2. The van der Waals surface area contributed by atoms with Gasteiger partial charge in [0.25, 0.3) is 0 Å². The number of carbonyl (C=O) groups excluding carboxylic acids is 6. The number of ether oxygens (including phenoxy) is 2. The van der Waals surface area contributed by atoms with Crippen molar-refractivity contribution >= 4 is 70.8 Å². The van der Waals surface area contributed by atoms with Gasteiger partial charge in [-0.2, -0.15) is 0 Å². The Kier molecular flexibility index (Phi) is 27.6. The van der Waals surface area contributed by atoms with Crippen LogP contribution < -0.4 is 31.2 Å². The van der Waals surface area contributed by atoms with Gasteiger partial charge in [-0.05, 0) is 227 Å². The summed E-state index contributed by atoms with van der Waals surface area (Å²) in [6.45, 7) is 40.9. The van der Waals surface area contributed by atoms with Crippen LogP contribution in [0.5, 0.6) is 0 Å². The van der Waals surface area contributed by atoms with E-state index in [4.69, 9.17) is 49.0 Å². The molecule has 8 atom stereocenters. The number of anilines is 2. The average Bonchev–Trinajstić information content (AvgIpc) is 1.63. The topological polar surface area (TPSA) is 259 Å². The van der Waals surface area contributed by atoms with E-state index in [2.05, 4.69) is 104 Å². The summed E-state index contributed by atoms with van der Waals surface area (Å²) in [5, 5.41) is 11.7. The molecule has 4 heterocycles. The fraction of sp³-hybridized carbons (Fsp3) is 0.667. The van der Waals surface area contributed by atoms with Crippen LogP contribution in [0.1, 0.15) is 214 Å². The molecule has 4 aliphatic carbocycles. The molecule has 2 aromatic heterocycles. The molecule has 2 aliphatic heterocycles. The first-order valence-electron chi connectivity index (χ1n) is 33.7. The van der Waals surface area contributed by atoms with Gasteiger partial charge in [-0.3, -0.25) is 9.59 Å². The van der Waals surface area contributed by atoms with E-state index in [1.165, 1.54) is 13.8 Å². The number of rotatable bonds is 20. The Morgan fingerprint density at radius 1 is 0.484 bits per heavy atom. The maximum absolute atomic E-state index is 13.7. The van der Waals surface area contributed by atoms with Gasteiger partial charge in [0, 0.05) is 19.0 Å². The average molecular weight is 1340 g/mol. The SMILES string of the molecule is CC(=O)NC1=N/C(=C(/C)c2[n-]c(NCC=O)c(COOC3C(C)CC(C)CC3C)c2C)C(C)=C1C(=O)OC1C(C)CC(C)CC1C.CC(=O)Nc1[n-]c(/C(C)=C2\N=C(NCC=O)C(COOC3C(C)CC(C)CC3C)=C2C)c(C)c1C(=O)OC1C(C)CC(C)CC1C.[Zn+2]. The molecule has 0 spiro atoms. The minimum atomic E-state index is -0.488. The number of hydrogen-bond acceptors (Lipinski definition) is 16. The van der Waals surface area contributed by atoms with E-state index in [0.717, 1.165) is 97.4 Å². The molecule has 508 valence electrons. The smallest absolute Gasteiger partial charge is 0.475 e. The van der Waals surface area contributed by atoms with Crippen LogP contribution in [0.2, 0.25) is 0 Å². The number of amides is 2. The van der Waals surface area contributed by atoms with Crippen molar-refractivity contribution < 1.29 is 77.3 Å². The van der Waals surface area contributed by atoms with E-state index in [9.17, 15) is 28.8 Å². The van der Waals surface area contributed by atoms with Gasteiger partial charge in [-0.1, -0.05) is 88.9 Å². The van der Waals surface area contributed by atoms with E-state index in [1.807, 2.05) is 41.5 Å². The predicted octanol–water partition coefficient (Wildman–Crippen LogP) is 12.7. The molecule has 20 nitrogen and oxygen atoms in total. The largest absolute Gasteiger partial charge is 2.00 e. The number of carbonyl (C=O) groups is 6. The first-order chi connectivity index (χ1) is 43.5. The number of aromatic nitrogens is 2. The molecule has 2 aromatic rings. The second-order valence-corrected chi connectivity index (χ2v) is 28.7. The van der Waals surface area contributed by atoms with Crippen molar-refractivity contribution in [3.63, 3.8) is 0 Å². The molecule has 8 rings (SSSR count). The number of hydrogen-bond donors (Lipinski definition) is 4. The molecular weight excluding hydrogens is 1230 g/mol. The summed E-state index contributed by atoms with van der Waals surface area (Å²) >= 11 is 0. The molecule has 21 heteroatoms. The summed E-state index contributed by atoms with van der Waals surface area (Å²) in [4.78, 5) is 117. The summed E-state index contributed by atoms with van der Waals surface area (Å²) < 4.78 is 12.3. The Morgan fingerprint density at radius 3 is 1.32 bits per heavy atom. The van der Waals surface area contributed by atoms with Crippen LogP contribution in [-0.2, 0) is 79.1 Å². The van der Waals surface area contributed by atoms with Crippen LogP contribution in [0.4, 0.5) is 11.6 Å². The van der Waals surface area contributed by atoms with Crippen LogP contribution in [0.15, 0.2) is 43.7 Å². The van der Waals surface area contributed by atoms with Gasteiger partial charge in [0.15, 0.2) is 0 Å². The molecule has 0 radical (unpaired) electrons. The number of aldehydes is 2. The molecule has 6 aliphatic rings. The molecule has 4 fully saturated rings. The van der Waals surface area contributed by atoms with E-state index >= 15 is 0 Å². The third-order valence-electron chi connectivity index (χ3n) is 20.1. The van der Waals surface area contributed by atoms with Crippen molar-refractivity contribution in [3.05, 3.63) is 67.3 Å². The quantitative estimate of drug-likeness (QED) is 0.0316. The first kappa shape index (κ1) is 76.2. The van der Waals surface area contributed by atoms with Gasteiger partial charge in [0.1, 0.15) is 61.1 Å². The van der Waals surface area contributed by atoms with Gasteiger partial charge < -0.3 is 50.3 Å². The fourth-order valence-electron chi connectivity index (χ4n) is 16.2. The van der Waals surface area contributed by atoms with Gasteiger partial charge in [0.05, 0.1) is 35.7 Å². The Balaban J connectivity index is 0.000000292. The molecule has 4 saturated carbocycles. The van der Waals surface area contributed by atoms with Gasteiger partial charge >= 0.3 is 31.4 Å². The van der Waals surface area contributed by atoms with Crippen LogP contribution in [0.25, 0.3) is 11.1 Å². The van der Waals surface area contributed by atoms with Crippen molar-refractivity contribution in [2.45, 2.75) is 221 Å². The van der Waals surface area contributed by atoms with Crippen molar-refractivity contribution in [1.82, 2.24) is 20.6 Å². The zero-order valence-corrected chi connectivity index (χ0v) is 62.2. The number of esters is 2. The van der Waals surface area contributed by atoms with Crippen molar-refractivity contribution in [2.75, 3.05) is 30.3 Å². The van der Waals surface area contributed by atoms with Crippen LogP contribution in [0.3, 0.4) is 0 Å². The van der Waals surface area contributed by atoms with Crippen LogP contribution in [-0.4, -0.2) is 92.1 Å². The number of amidine groups is 2. The van der Waals surface area contributed by atoms with Gasteiger partial charge in [0.2, 0.25) is 5.91 Å². The Labute approximate surface area is 565 Å². The number of allylic oxidation sites excluding steroid dienone is 4. The third kappa shape index (κ3) is 18.4. The molecule has 0 bridgehead atoms. The number of nitrogens with one attached hydrogen (secondary N) is 4. The third-order valence-corrected chi connectivity index (χ3v) is 20.1. The zero-order chi connectivity index (χ0) is 67.7. The Morgan fingerprint density at radius 2 is 0.871 bits per heavy atom. The summed E-state index contributed by atoms with van der Waals surface area (Å²) in [5.41, 5.74) is 8.81. The Hall–Kier alpha value is -5.86. The van der Waals surface area contributed by atoms with Crippen molar-refractivity contribution in [2.24, 2.45) is 81.0 Å². The van der Waals surface area contributed by atoms with Gasteiger partial charge in [-0.15, -0.1) is 0 Å². The Bertz CT molecular complexity index is 3190. The monoisotopic (exact) mass is 1340 g/mol. The second-order valence-electron chi connectivity index (χ2n) is 28.7. The molecule has 8 unspecified atom stereocenters. The maximum atomic E-state index is 13.7. The summed E-state index contributed by atoms with van der Waals surface area (Å²) in [6, 6.07) is 0. The van der Waals surface area contributed by atoms with Crippen LogP contribution >= 0.6 is 0 Å². The summed E-state index contributed by atoms with van der Waals surface area (Å²) in [6.07, 6.45) is 9.51. The molecule has 2 amide bonds. The minimum absolute atomic E-state index is 0. The second kappa shape index (κ2) is 33.7. The van der Waals surface area contributed by atoms with E-state index in [0.29, 0.717) is 92.9 Å². The summed E-state index contributed by atoms with van der Waals surface area (Å²) in [5.74, 6) is 4.73. The van der Waals surface area contributed by atoms with E-state index in [1.54, 1.807) is 0 Å². The van der Waals surface area contributed by atoms with Gasteiger partial charge in [-0.25, -0.2) is 39.1 Å². The number of nitrogens with zero attached hydrogens (tertiary/aromatic N) is 4. The fourth-order valence-corrected chi connectivity index (χ4v) is 16.2. The van der Waals surface area contributed by atoms with Crippen LogP contribution in [0, 0.1) is 84.9 Å². The van der Waals surface area contributed by atoms with Crippen molar-refractivity contribution in [3.8, 4) is 0 Å². The first-order valence-corrected chi connectivity index (χ1v) is 33.7. The van der Waals surface area contributed by atoms with E-state index < -0.39 is 11.9 Å². The van der Waals surface area contributed by atoms with E-state index in [-0.39, 0.29) is 128 Å². The van der Waals surface area contributed by atoms with Crippen molar-refractivity contribution in [1.29, 1.82) is 0 Å². The molecule has 93 heavy (non-hydrogen) atoms. The zero-order valence-electron chi connectivity index (χ0n) is 59.3. The molecule has 4 N–H and O–H groups in total. The molecule has 0 aromatic carbocycles. The standard InChI is InChI=1S/2C36H54N4O6.Zn/c2*1-18-13-20(3)32(21(4)14-18)45-36(43)29-25(8)31(40-35(29)38-27(10)42)26(9)30-24(7)28(34(39-30)37-11-12-41)17-44-46-33-22(5)15-19(2)16-23(33)6;/h2*12,18-23,32-33H,11,13-17H2,1-10H3,(H3,37,38,39,40,42,43);/q;;+2/p-2. The predicted molar refractivity (Wildman–Crippen MR) is 358 cm³/mol. The minimum Gasteiger partial charge on any atom is -0.475 e. The molecular formula is C72H106N8O12Zn. The maximum Gasteiger partial charge on any atom is 2.00 e.